The number of anilines is 2. The molecular formula is C19H13ClF6N2O3S. The van der Waals surface area contributed by atoms with Crippen LogP contribution in [0.25, 0.3) is 0 Å². The second-order valence-corrected chi connectivity index (χ2v) is 8.17. The van der Waals surface area contributed by atoms with Gasteiger partial charge in [0.25, 0.3) is 5.63 Å². The van der Waals surface area contributed by atoms with Crippen LogP contribution in [0.3, 0.4) is 0 Å². The first-order valence-corrected chi connectivity index (χ1v) is 10.1. The van der Waals surface area contributed by atoms with E-state index >= 15 is 0 Å². The Kier molecular flexibility index (Phi) is 6.84. The zero-order valence-electron chi connectivity index (χ0n) is 15.7. The summed E-state index contributed by atoms with van der Waals surface area (Å²) in [7, 11) is 0. The Morgan fingerprint density at radius 2 is 1.81 bits per heavy atom. The van der Waals surface area contributed by atoms with E-state index in [9.17, 15) is 35.9 Å². The van der Waals surface area contributed by atoms with Crippen molar-refractivity contribution in [1.29, 1.82) is 0 Å². The summed E-state index contributed by atoms with van der Waals surface area (Å²) in [4.78, 5) is 24.8. The monoisotopic (exact) mass is 498 g/mol. The van der Waals surface area contributed by atoms with Crippen LogP contribution in [0, 0.1) is 0 Å². The molecule has 0 saturated carbocycles. The van der Waals surface area contributed by atoms with Gasteiger partial charge < -0.3 is 15.4 Å². The first-order valence-electron chi connectivity index (χ1n) is 8.79. The molecule has 13 heteroatoms. The normalized spacial score (nSPS) is 17.2. The van der Waals surface area contributed by atoms with Gasteiger partial charge in [0.05, 0.1) is 16.5 Å². The van der Waals surface area contributed by atoms with Crippen LogP contribution in [0.15, 0.2) is 47.4 Å². The largest absolute Gasteiger partial charge is 0.444 e. The van der Waals surface area contributed by atoms with Crippen LogP contribution < -0.4 is 15.4 Å². The van der Waals surface area contributed by atoms with Crippen molar-refractivity contribution in [3.8, 4) is 5.75 Å². The number of carbonyl (C=O) groups is 2. The van der Waals surface area contributed by atoms with E-state index in [4.69, 9.17) is 11.6 Å². The summed E-state index contributed by atoms with van der Waals surface area (Å²) in [6, 6.07) is 7.45. The number of benzene rings is 2. The molecule has 2 N–H and O–H groups in total. The Balaban J connectivity index is 1.60. The van der Waals surface area contributed by atoms with Crippen molar-refractivity contribution in [2.24, 2.45) is 0 Å². The van der Waals surface area contributed by atoms with Gasteiger partial charge in [0.1, 0.15) is 5.75 Å². The summed E-state index contributed by atoms with van der Waals surface area (Å²) >= 11 is 5.64. The minimum atomic E-state index is -4.56. The standard InChI is InChI=1S/C19H13ClF6N2O3S/c20-17(21)19(25,26)31-11-4-2-10(3-5-11)27-15(29)8-14-16(30)28-12-7-9(18(22,23)24)1-6-13(12)32-14/h1-7,14,17H,8H2,(H,27,29)(H,28,30)/t14-,17-/m1/s1. The molecule has 1 aliphatic rings. The molecule has 2 amide bonds. The number of carbonyl (C=O) groups excluding carboxylic acids is 2. The fourth-order valence-corrected chi connectivity index (χ4v) is 3.78. The first kappa shape index (κ1) is 24.1. The Bertz CT molecular complexity index is 1020. The lowest BCUT2D eigenvalue weighted by Crippen LogP contribution is -2.33. The second-order valence-electron chi connectivity index (χ2n) is 6.55. The molecule has 2 atom stereocenters. The lowest BCUT2D eigenvalue weighted by molar-refractivity contribution is -0.199. The number of hydrogen-bond acceptors (Lipinski definition) is 4. The van der Waals surface area contributed by atoms with Crippen LogP contribution >= 0.6 is 23.4 Å². The minimum Gasteiger partial charge on any atom is -0.429 e. The molecule has 0 aromatic heterocycles. The number of thioether (sulfide) groups is 1. The van der Waals surface area contributed by atoms with Crippen LogP contribution in [0.5, 0.6) is 5.75 Å². The molecular weight excluding hydrogens is 486 g/mol. The Morgan fingerprint density at radius 3 is 2.41 bits per heavy atom. The first-order chi connectivity index (χ1) is 14.8. The highest BCUT2D eigenvalue weighted by Gasteiger charge is 2.42. The van der Waals surface area contributed by atoms with Crippen LogP contribution in [0.4, 0.5) is 37.7 Å². The Morgan fingerprint density at radius 1 is 1.16 bits per heavy atom. The molecule has 0 bridgehead atoms. The summed E-state index contributed by atoms with van der Waals surface area (Å²) in [5.74, 6) is -1.63. The fourth-order valence-electron chi connectivity index (χ4n) is 2.65. The highest BCUT2D eigenvalue weighted by molar-refractivity contribution is 8.01. The van der Waals surface area contributed by atoms with E-state index in [1.807, 2.05) is 0 Å². The maximum Gasteiger partial charge on any atom is 0.444 e. The molecule has 2 aromatic carbocycles. The van der Waals surface area contributed by atoms with E-state index < -0.39 is 46.3 Å². The SMILES string of the molecule is O=C(C[C@H]1Sc2ccc(C(F)(F)F)cc2NC1=O)Nc1ccc(OC(F)(F)[C@@H](F)Cl)cc1. The van der Waals surface area contributed by atoms with Crippen LogP contribution in [0.2, 0.25) is 0 Å². The maximum absolute atomic E-state index is 13.1. The van der Waals surface area contributed by atoms with Gasteiger partial charge in [0.15, 0.2) is 0 Å². The predicted molar refractivity (Wildman–Crippen MR) is 106 cm³/mol. The quantitative estimate of drug-likeness (QED) is 0.399. The topological polar surface area (TPSA) is 67.4 Å². The number of rotatable bonds is 6. The number of fused-ring (bicyclic) bond motifs is 1. The number of alkyl halides is 7. The van der Waals surface area contributed by atoms with Gasteiger partial charge in [-0.3, -0.25) is 9.59 Å². The van der Waals surface area contributed by atoms with Crippen molar-refractivity contribution in [3.05, 3.63) is 48.0 Å². The lowest BCUT2D eigenvalue weighted by atomic mass is 10.1. The van der Waals surface area contributed by atoms with Gasteiger partial charge in [-0.05, 0) is 42.5 Å². The molecule has 2 aromatic rings. The van der Waals surface area contributed by atoms with Crippen molar-refractivity contribution >= 4 is 46.6 Å². The minimum absolute atomic E-state index is 0.00587. The van der Waals surface area contributed by atoms with Crippen molar-refractivity contribution in [3.63, 3.8) is 0 Å². The molecule has 0 radical (unpaired) electrons. The molecule has 32 heavy (non-hydrogen) atoms. The zero-order chi connectivity index (χ0) is 23.7. The predicted octanol–water partition coefficient (Wildman–Crippen LogP) is 5.65. The van der Waals surface area contributed by atoms with Crippen LogP contribution in [0.1, 0.15) is 12.0 Å². The van der Waals surface area contributed by atoms with E-state index in [1.165, 1.54) is 18.2 Å². The molecule has 1 heterocycles. The van der Waals surface area contributed by atoms with Gasteiger partial charge in [-0.2, -0.15) is 22.0 Å². The van der Waals surface area contributed by atoms with Crippen molar-refractivity contribution in [2.75, 3.05) is 10.6 Å². The molecule has 3 rings (SSSR count). The molecule has 0 fully saturated rings. The third kappa shape index (κ3) is 5.80. The molecule has 1 aliphatic heterocycles. The smallest absolute Gasteiger partial charge is 0.429 e. The molecule has 172 valence electrons. The highest BCUT2D eigenvalue weighted by Crippen LogP contribution is 2.40. The van der Waals surface area contributed by atoms with Gasteiger partial charge in [-0.15, -0.1) is 11.8 Å². The van der Waals surface area contributed by atoms with Gasteiger partial charge in [0.2, 0.25) is 11.8 Å². The lowest BCUT2D eigenvalue weighted by Gasteiger charge is -2.24. The number of hydrogen-bond donors (Lipinski definition) is 2. The van der Waals surface area contributed by atoms with E-state index in [0.29, 0.717) is 4.90 Å². The Labute approximate surface area is 186 Å². The van der Waals surface area contributed by atoms with Crippen LogP contribution in [-0.4, -0.2) is 28.8 Å². The second kappa shape index (κ2) is 9.10. The fraction of sp³-hybridized carbons (Fsp3) is 0.263. The number of ether oxygens (including phenoxy) is 1. The number of halogens is 7. The summed E-state index contributed by atoms with van der Waals surface area (Å²) in [5, 5.41) is 3.92. The van der Waals surface area contributed by atoms with Gasteiger partial charge >= 0.3 is 12.3 Å². The van der Waals surface area contributed by atoms with Crippen molar-refractivity contribution in [1.82, 2.24) is 0 Å². The van der Waals surface area contributed by atoms with Gasteiger partial charge in [-0.1, -0.05) is 11.6 Å². The zero-order valence-corrected chi connectivity index (χ0v) is 17.3. The van der Waals surface area contributed by atoms with Crippen LogP contribution in [-0.2, 0) is 15.8 Å². The highest BCUT2D eigenvalue weighted by atomic mass is 35.5. The average molecular weight is 499 g/mol. The van der Waals surface area contributed by atoms with E-state index in [0.717, 1.165) is 36.0 Å². The summed E-state index contributed by atoms with van der Waals surface area (Å²) < 4.78 is 81.4. The molecule has 0 saturated heterocycles. The summed E-state index contributed by atoms with van der Waals surface area (Å²) in [6.45, 7) is 0. The number of nitrogens with one attached hydrogen (secondary N) is 2. The third-order valence-corrected chi connectivity index (χ3v) is 5.67. The summed E-state index contributed by atoms with van der Waals surface area (Å²) in [6.07, 6.45) is -9.10. The average Bonchev–Trinajstić information content (AvgIpc) is 2.68. The number of amides is 2. The third-order valence-electron chi connectivity index (χ3n) is 4.14. The summed E-state index contributed by atoms with van der Waals surface area (Å²) in [5.41, 5.74) is -3.77. The molecule has 0 aliphatic carbocycles. The van der Waals surface area contributed by atoms with Gasteiger partial charge in [-0.25, -0.2) is 4.39 Å². The maximum atomic E-state index is 13.1. The molecule has 5 nitrogen and oxygen atoms in total. The van der Waals surface area contributed by atoms with Crippen molar-refractivity contribution in [2.45, 2.75) is 34.5 Å². The molecule has 0 unspecified atom stereocenters. The molecule has 0 spiro atoms. The van der Waals surface area contributed by atoms with E-state index in [1.54, 1.807) is 0 Å². The van der Waals surface area contributed by atoms with E-state index in [2.05, 4.69) is 15.4 Å². The van der Waals surface area contributed by atoms with E-state index in [-0.39, 0.29) is 17.8 Å². The van der Waals surface area contributed by atoms with Crippen molar-refractivity contribution < 1.29 is 40.7 Å². The Hall–Kier alpha value is -2.60. The van der Waals surface area contributed by atoms with Gasteiger partial charge in [0, 0.05) is 17.0 Å².